The van der Waals surface area contributed by atoms with Gasteiger partial charge in [0.2, 0.25) is 0 Å². The highest BCUT2D eigenvalue weighted by Crippen LogP contribution is 2.32. The first kappa shape index (κ1) is 12.8. The van der Waals surface area contributed by atoms with Crippen molar-refractivity contribution >= 4 is 32.7 Å². The third-order valence-electron chi connectivity index (χ3n) is 3.83. The van der Waals surface area contributed by atoms with Gasteiger partial charge in [0.05, 0.1) is 11.2 Å². The molecule has 3 rings (SSSR count). The van der Waals surface area contributed by atoms with Crippen LogP contribution in [0, 0.1) is 5.92 Å². The lowest BCUT2D eigenvalue weighted by molar-refractivity contribution is 0.579. The van der Waals surface area contributed by atoms with E-state index in [1.807, 2.05) is 18.5 Å². The zero-order chi connectivity index (χ0) is 13.4. The number of halogens is 1. The molecule has 2 atom stereocenters. The second kappa shape index (κ2) is 5.06. The van der Waals surface area contributed by atoms with Crippen molar-refractivity contribution in [2.45, 2.75) is 19.4 Å². The summed E-state index contributed by atoms with van der Waals surface area (Å²) in [4.78, 5) is 11.3. The molecule has 2 N–H and O–H groups in total. The lowest BCUT2D eigenvalue weighted by Gasteiger charge is -2.24. The number of anilines is 1. The molecule has 2 aromatic rings. The summed E-state index contributed by atoms with van der Waals surface area (Å²) in [6.07, 6.45) is 4.83. The molecule has 100 valence electrons. The first-order valence-corrected chi connectivity index (χ1v) is 7.35. The Labute approximate surface area is 121 Å². The molecule has 19 heavy (non-hydrogen) atoms. The topological polar surface area (TPSA) is 55.0 Å². The molecule has 0 bridgehead atoms. The average molecular weight is 321 g/mol. The lowest BCUT2D eigenvalue weighted by atomic mass is 10.1. The highest BCUT2D eigenvalue weighted by Gasteiger charge is 2.29. The van der Waals surface area contributed by atoms with E-state index in [0.29, 0.717) is 12.0 Å². The maximum absolute atomic E-state index is 5.81. The van der Waals surface area contributed by atoms with Crippen molar-refractivity contribution in [3.8, 4) is 0 Å². The quantitative estimate of drug-likeness (QED) is 0.924. The predicted octanol–water partition coefficient (Wildman–Crippen LogP) is 2.57. The standard InChI is InChI=1S/C14H17BrN4/c1-9-4-10(6-16)8-19(9)13-2-3-17-12-5-11(15)7-18-14(12)13/h2-3,5,7,9-10H,4,6,8,16H2,1H3. The lowest BCUT2D eigenvalue weighted by Crippen LogP contribution is -2.27. The molecule has 3 heterocycles. The van der Waals surface area contributed by atoms with Crippen LogP contribution >= 0.6 is 15.9 Å². The Kier molecular flexibility index (Phi) is 3.41. The fourth-order valence-electron chi connectivity index (χ4n) is 2.87. The Morgan fingerprint density at radius 2 is 2.32 bits per heavy atom. The minimum absolute atomic E-state index is 0.504. The first-order valence-electron chi connectivity index (χ1n) is 6.56. The van der Waals surface area contributed by atoms with Crippen molar-refractivity contribution in [1.29, 1.82) is 0 Å². The fraction of sp³-hybridized carbons (Fsp3) is 0.429. The van der Waals surface area contributed by atoms with Gasteiger partial charge >= 0.3 is 0 Å². The van der Waals surface area contributed by atoms with Crippen LogP contribution in [0.15, 0.2) is 29.0 Å². The predicted molar refractivity (Wildman–Crippen MR) is 81.2 cm³/mol. The molecule has 1 saturated heterocycles. The normalized spacial score (nSPS) is 23.2. The van der Waals surface area contributed by atoms with Gasteiger partial charge in [-0.2, -0.15) is 0 Å². The zero-order valence-corrected chi connectivity index (χ0v) is 12.5. The molecule has 1 aliphatic rings. The van der Waals surface area contributed by atoms with E-state index < -0.39 is 0 Å². The van der Waals surface area contributed by atoms with Crippen molar-refractivity contribution < 1.29 is 0 Å². The van der Waals surface area contributed by atoms with Crippen LogP contribution in [0.5, 0.6) is 0 Å². The zero-order valence-electron chi connectivity index (χ0n) is 10.9. The molecule has 0 aliphatic carbocycles. The highest BCUT2D eigenvalue weighted by molar-refractivity contribution is 9.10. The second-order valence-electron chi connectivity index (χ2n) is 5.19. The van der Waals surface area contributed by atoms with E-state index in [1.54, 1.807) is 0 Å². The van der Waals surface area contributed by atoms with E-state index >= 15 is 0 Å². The van der Waals surface area contributed by atoms with Gasteiger partial charge in [-0.15, -0.1) is 0 Å². The minimum Gasteiger partial charge on any atom is -0.367 e. The molecule has 0 amide bonds. The van der Waals surface area contributed by atoms with Crippen molar-refractivity contribution in [1.82, 2.24) is 9.97 Å². The molecule has 0 saturated carbocycles. The van der Waals surface area contributed by atoms with Crippen LogP contribution in [0.2, 0.25) is 0 Å². The number of nitrogens with two attached hydrogens (primary N) is 1. The summed E-state index contributed by atoms with van der Waals surface area (Å²) < 4.78 is 0.957. The van der Waals surface area contributed by atoms with Gasteiger partial charge in [0.25, 0.3) is 0 Å². The van der Waals surface area contributed by atoms with Gasteiger partial charge in [-0.3, -0.25) is 9.97 Å². The summed E-state index contributed by atoms with van der Waals surface area (Å²) in [7, 11) is 0. The third-order valence-corrected chi connectivity index (χ3v) is 4.26. The highest BCUT2D eigenvalue weighted by atomic mass is 79.9. The van der Waals surface area contributed by atoms with Gasteiger partial charge in [0.1, 0.15) is 5.52 Å². The van der Waals surface area contributed by atoms with E-state index in [-0.39, 0.29) is 0 Å². The van der Waals surface area contributed by atoms with E-state index in [9.17, 15) is 0 Å². The van der Waals surface area contributed by atoms with Crippen molar-refractivity contribution in [2.75, 3.05) is 18.0 Å². The number of aromatic nitrogens is 2. The minimum atomic E-state index is 0.504. The number of rotatable bonds is 2. The van der Waals surface area contributed by atoms with Crippen molar-refractivity contribution in [2.24, 2.45) is 11.7 Å². The number of fused-ring (bicyclic) bond motifs is 1. The molecule has 4 nitrogen and oxygen atoms in total. The fourth-order valence-corrected chi connectivity index (χ4v) is 3.19. The number of pyridine rings is 2. The number of hydrogen-bond acceptors (Lipinski definition) is 4. The second-order valence-corrected chi connectivity index (χ2v) is 6.11. The summed E-state index contributed by atoms with van der Waals surface area (Å²) >= 11 is 3.44. The molecule has 2 aromatic heterocycles. The molecular formula is C14H17BrN4. The van der Waals surface area contributed by atoms with Gasteiger partial charge in [-0.25, -0.2) is 0 Å². The van der Waals surface area contributed by atoms with Crippen LogP contribution in [-0.4, -0.2) is 29.1 Å². The molecule has 0 spiro atoms. The van der Waals surface area contributed by atoms with Gasteiger partial charge < -0.3 is 10.6 Å². The molecule has 1 fully saturated rings. The van der Waals surface area contributed by atoms with Gasteiger partial charge in [-0.05, 0) is 53.9 Å². The number of hydrogen-bond donors (Lipinski definition) is 1. The molecular weight excluding hydrogens is 304 g/mol. The third kappa shape index (κ3) is 2.32. The maximum atomic E-state index is 5.81. The molecule has 5 heteroatoms. The Bertz CT molecular complexity index is 601. The van der Waals surface area contributed by atoms with Gasteiger partial charge in [0, 0.05) is 29.5 Å². The first-order chi connectivity index (χ1) is 9.19. The van der Waals surface area contributed by atoms with Crippen LogP contribution < -0.4 is 10.6 Å². The summed E-state index contributed by atoms with van der Waals surface area (Å²) in [5.41, 5.74) is 8.87. The molecule has 0 radical (unpaired) electrons. The average Bonchev–Trinajstić information content (AvgIpc) is 2.79. The molecule has 0 aromatic carbocycles. The smallest absolute Gasteiger partial charge is 0.112 e. The Morgan fingerprint density at radius 3 is 3.05 bits per heavy atom. The van der Waals surface area contributed by atoms with E-state index in [2.05, 4.69) is 43.8 Å². The van der Waals surface area contributed by atoms with E-state index in [4.69, 9.17) is 5.73 Å². The molecule has 2 unspecified atom stereocenters. The largest absolute Gasteiger partial charge is 0.367 e. The van der Waals surface area contributed by atoms with Crippen LogP contribution in [0.25, 0.3) is 11.0 Å². The van der Waals surface area contributed by atoms with Crippen LogP contribution in [-0.2, 0) is 0 Å². The van der Waals surface area contributed by atoms with Gasteiger partial charge in [-0.1, -0.05) is 0 Å². The summed E-state index contributed by atoms with van der Waals surface area (Å²) in [6, 6.07) is 4.57. The molecule has 1 aliphatic heterocycles. The van der Waals surface area contributed by atoms with E-state index in [1.165, 1.54) is 5.69 Å². The Morgan fingerprint density at radius 1 is 1.47 bits per heavy atom. The Balaban J connectivity index is 2.05. The summed E-state index contributed by atoms with van der Waals surface area (Å²) in [5, 5.41) is 0. The number of nitrogens with zero attached hydrogens (tertiary/aromatic N) is 3. The van der Waals surface area contributed by atoms with Crippen LogP contribution in [0.4, 0.5) is 5.69 Å². The van der Waals surface area contributed by atoms with Crippen LogP contribution in [0.1, 0.15) is 13.3 Å². The SMILES string of the molecule is CC1CC(CN)CN1c1ccnc2cc(Br)cnc12. The van der Waals surface area contributed by atoms with Crippen LogP contribution in [0.3, 0.4) is 0 Å². The Hall–Kier alpha value is -1.20. The van der Waals surface area contributed by atoms with E-state index in [0.717, 1.165) is 35.0 Å². The summed E-state index contributed by atoms with van der Waals surface area (Å²) in [6.45, 7) is 4.01. The maximum Gasteiger partial charge on any atom is 0.112 e. The van der Waals surface area contributed by atoms with Crippen molar-refractivity contribution in [3.05, 3.63) is 29.0 Å². The monoisotopic (exact) mass is 320 g/mol. The van der Waals surface area contributed by atoms with Crippen molar-refractivity contribution in [3.63, 3.8) is 0 Å². The summed E-state index contributed by atoms with van der Waals surface area (Å²) in [5.74, 6) is 0.577. The van der Waals surface area contributed by atoms with Gasteiger partial charge in [0.15, 0.2) is 0 Å².